The number of allylic oxidation sites excluding steroid dienone is 8. The molecule has 3 aliphatic heterocycles. The van der Waals surface area contributed by atoms with E-state index in [2.05, 4.69) is 40.5 Å². The second kappa shape index (κ2) is 23.9. The number of para-hydroxylation sites is 2. The van der Waals surface area contributed by atoms with E-state index < -0.39 is 31.2 Å². The molecule has 4 aromatic carbocycles. The van der Waals surface area contributed by atoms with Gasteiger partial charge in [0, 0.05) is 28.6 Å². The van der Waals surface area contributed by atoms with Crippen LogP contribution in [0.1, 0.15) is 39.6 Å². The number of fused-ring (bicyclic) bond motifs is 4. The monoisotopic (exact) mass is 1150 g/mol. The van der Waals surface area contributed by atoms with Gasteiger partial charge in [-0.15, -0.1) is 0 Å². The van der Waals surface area contributed by atoms with Crippen LogP contribution in [0.4, 0.5) is 5.69 Å². The van der Waals surface area contributed by atoms with Gasteiger partial charge in [-0.05, 0) is 80.6 Å². The van der Waals surface area contributed by atoms with E-state index in [-0.39, 0.29) is 108 Å². The molecule has 0 atom stereocenters. The average Bonchev–Trinajstić information content (AvgIpc) is 3.92. The van der Waals surface area contributed by atoms with Crippen LogP contribution in [0.5, 0.6) is 0 Å². The molecule has 8 rings (SSSR count). The van der Waals surface area contributed by atoms with Gasteiger partial charge in [0.05, 0.1) is 45.5 Å². The molecule has 63 heavy (non-hydrogen) atoms. The SMILES string of the molecule is CCN1/C(=C(C#N)/C=C/C=C2/C(=O)c3ccccc3S2(=O)=O)Sc2ccccc21.CC[n+]1c(CC#N)sc2ccccc21.CO/C=C/C=C1/C(=O)c2ccccc2S1(=O)=O.[I-].[I-].[Na+]. The number of ketones is 2. The molecule has 318 valence electrons. The van der Waals surface area contributed by atoms with E-state index >= 15 is 0 Å². The van der Waals surface area contributed by atoms with Crippen molar-refractivity contribution in [2.75, 3.05) is 18.6 Å². The number of benzene rings is 4. The Balaban J connectivity index is 0.000000266. The van der Waals surface area contributed by atoms with Crippen molar-refractivity contribution in [3.8, 4) is 12.1 Å². The molecule has 3 aliphatic rings. The zero-order valence-corrected chi connectivity index (χ0v) is 43.9. The number of aryl methyl sites for hydroxylation is 1. The van der Waals surface area contributed by atoms with E-state index in [0.29, 0.717) is 18.5 Å². The van der Waals surface area contributed by atoms with Crippen molar-refractivity contribution in [1.29, 1.82) is 10.5 Å². The Morgan fingerprint density at radius 1 is 0.778 bits per heavy atom. The van der Waals surface area contributed by atoms with Gasteiger partial charge in [0.15, 0.2) is 0 Å². The van der Waals surface area contributed by atoms with E-state index in [0.717, 1.165) is 27.2 Å². The van der Waals surface area contributed by atoms with E-state index in [4.69, 9.17) is 5.26 Å². The summed E-state index contributed by atoms with van der Waals surface area (Å²) in [6.45, 7) is 5.74. The molecule has 4 heterocycles. The van der Waals surface area contributed by atoms with Crippen molar-refractivity contribution < 1.29 is 113 Å². The molecule has 0 bridgehead atoms. The maximum atomic E-state index is 12.6. The van der Waals surface area contributed by atoms with Gasteiger partial charge in [-0.25, -0.2) is 16.8 Å². The van der Waals surface area contributed by atoms with Crippen molar-refractivity contribution in [3.05, 3.63) is 170 Å². The standard InChI is InChI=1S/C22H16N2O3S2.C12H10O4S.C11H11N2S.2HI.Na/c1-2-24-17-10-4-5-11-18(17)28-22(24)15(14-23)8-7-13-20-21(25)16-9-3-6-12-19(16)29(20,26)27;1-16-8-4-7-11-12(13)9-5-2-3-6-10(9)17(11,14)15;1-2-13-9-5-3-4-6-10(9)14-11(13)7-8-12;;;/h3-13H,2H2,1H3;2-8H,1H3;3-6H,2,7H2,1H3;2*1H;/q;;+1;;;+1/p-2/b8-7+,20-13-,22-15+;8-4+,11-7-;;;;. The number of thiazole rings is 1. The largest absolute Gasteiger partial charge is 1.00 e. The van der Waals surface area contributed by atoms with Crippen LogP contribution in [0.15, 0.2) is 169 Å². The van der Waals surface area contributed by atoms with Gasteiger partial charge >= 0.3 is 29.6 Å². The molecule has 0 unspecified atom stereocenters. The molecule has 0 N–H and O–H groups in total. The predicted octanol–water partition coefficient (Wildman–Crippen LogP) is -0.549. The fourth-order valence-corrected chi connectivity index (χ4v) is 12.1. The molecule has 0 saturated heterocycles. The molecule has 0 fully saturated rings. The van der Waals surface area contributed by atoms with E-state index in [1.165, 1.54) is 83.9 Å². The van der Waals surface area contributed by atoms with Gasteiger partial charge in [-0.3, -0.25) is 9.59 Å². The average molecular weight is 1150 g/mol. The minimum atomic E-state index is -3.83. The molecule has 5 aromatic rings. The maximum Gasteiger partial charge on any atom is 1.00 e. The number of ether oxygens (including phenoxy) is 1. The summed E-state index contributed by atoms with van der Waals surface area (Å²) in [6, 6.07) is 32.9. The number of halogens is 2. The number of thioether (sulfide) groups is 1. The van der Waals surface area contributed by atoms with Crippen LogP contribution in [-0.4, -0.2) is 42.1 Å². The number of methoxy groups -OCH3 is 1. The maximum absolute atomic E-state index is 12.6. The van der Waals surface area contributed by atoms with Crippen LogP contribution in [0.3, 0.4) is 0 Å². The Labute approximate surface area is 431 Å². The smallest absolute Gasteiger partial charge is 1.00 e. The second-order valence-corrected chi connectivity index (χ2v) is 18.7. The molecular weight excluding hydrogens is 1110 g/mol. The number of carbonyl (C=O) groups excluding carboxylic acids is 2. The zero-order chi connectivity index (χ0) is 43.0. The van der Waals surface area contributed by atoms with Crippen LogP contribution in [0, 0.1) is 22.7 Å². The first-order valence-electron chi connectivity index (χ1n) is 18.5. The Morgan fingerprint density at radius 2 is 1.32 bits per heavy atom. The summed E-state index contributed by atoms with van der Waals surface area (Å²) < 4.78 is 57.4. The number of nitrogens with zero attached hydrogens (tertiary/aromatic N) is 4. The van der Waals surface area contributed by atoms with Crippen LogP contribution in [0.2, 0.25) is 0 Å². The van der Waals surface area contributed by atoms with Gasteiger partial charge in [0.2, 0.25) is 36.8 Å². The Bertz CT molecular complexity index is 3020. The number of aromatic nitrogens is 1. The van der Waals surface area contributed by atoms with Crippen molar-refractivity contribution in [2.24, 2.45) is 0 Å². The Hall–Kier alpha value is -3.90. The molecule has 18 heteroatoms. The third-order valence-electron chi connectivity index (χ3n) is 9.35. The van der Waals surface area contributed by atoms with Crippen LogP contribution in [0.25, 0.3) is 10.2 Å². The number of anilines is 1. The fraction of sp³-hybridized carbons (Fsp3) is 0.133. The Kier molecular flexibility index (Phi) is 20.2. The van der Waals surface area contributed by atoms with Gasteiger partial charge in [0.1, 0.15) is 33.5 Å². The van der Waals surface area contributed by atoms with Gasteiger partial charge < -0.3 is 57.6 Å². The molecule has 0 aliphatic carbocycles. The number of rotatable bonds is 7. The number of carbonyl (C=O) groups is 2. The zero-order valence-electron chi connectivity index (χ0n) is 34.4. The van der Waals surface area contributed by atoms with Crippen LogP contribution >= 0.6 is 23.1 Å². The second-order valence-electron chi connectivity index (χ2n) is 12.8. The summed E-state index contributed by atoms with van der Waals surface area (Å²) in [4.78, 5) is 27.1. The van der Waals surface area contributed by atoms with Crippen molar-refractivity contribution in [3.63, 3.8) is 0 Å². The third kappa shape index (κ3) is 11.1. The molecular formula is C45H37I2N4NaO7S4. The minimum absolute atomic E-state index is 0. The number of Topliss-reactive ketones (excluding diaryl/α,β-unsaturated/α-hetero) is 2. The number of hydrogen-bond acceptors (Lipinski definition) is 12. The van der Waals surface area contributed by atoms with E-state index in [1.54, 1.807) is 41.7 Å². The molecule has 0 saturated carbocycles. The first-order valence-corrected chi connectivity index (χ1v) is 23.1. The number of hydrogen-bond donors (Lipinski definition) is 0. The quantitative estimate of drug-likeness (QED) is 0.0513. The normalized spacial score (nSPS) is 16.9. The molecule has 11 nitrogen and oxygen atoms in total. The van der Waals surface area contributed by atoms with Crippen molar-refractivity contribution >= 4 is 70.2 Å². The summed E-state index contributed by atoms with van der Waals surface area (Å²) in [6.07, 6.45) is 8.73. The van der Waals surface area contributed by atoms with Crippen LogP contribution in [-0.2, 0) is 37.4 Å². The number of nitriles is 2. The first kappa shape index (κ1) is 53.4. The summed E-state index contributed by atoms with van der Waals surface area (Å²) in [5.74, 6) is -0.990. The first-order chi connectivity index (χ1) is 28.9. The third-order valence-corrected chi connectivity index (χ3v) is 15.4. The van der Waals surface area contributed by atoms with Crippen molar-refractivity contribution in [1.82, 2.24) is 0 Å². The minimum Gasteiger partial charge on any atom is -1.00 e. The van der Waals surface area contributed by atoms with E-state index in [1.807, 2.05) is 48.2 Å². The molecule has 0 radical (unpaired) electrons. The van der Waals surface area contributed by atoms with Crippen LogP contribution < -0.4 is 87.0 Å². The van der Waals surface area contributed by atoms with Gasteiger partial charge in [0.25, 0.3) is 5.01 Å². The fourth-order valence-electron chi connectivity index (χ4n) is 6.63. The number of sulfone groups is 2. The summed E-state index contributed by atoms with van der Waals surface area (Å²) in [7, 11) is -6.06. The summed E-state index contributed by atoms with van der Waals surface area (Å²) >= 11 is 3.21. The summed E-state index contributed by atoms with van der Waals surface area (Å²) in [5.41, 5.74) is 3.10. The van der Waals surface area contributed by atoms with Crippen molar-refractivity contribution in [2.45, 2.75) is 41.5 Å². The van der Waals surface area contributed by atoms with Gasteiger partial charge in [-0.1, -0.05) is 77.7 Å². The van der Waals surface area contributed by atoms with E-state index in [9.17, 15) is 31.7 Å². The Morgan fingerprint density at radius 3 is 1.86 bits per heavy atom. The summed E-state index contributed by atoms with van der Waals surface area (Å²) in [5, 5.41) is 20.3. The molecule has 0 amide bonds. The topological polar surface area (TPSA) is 166 Å². The van der Waals surface area contributed by atoms with Gasteiger partial charge in [-0.2, -0.15) is 15.1 Å². The molecule has 0 spiro atoms. The molecule has 1 aromatic heterocycles. The predicted molar refractivity (Wildman–Crippen MR) is 232 cm³/mol.